The molecular weight excluding hydrogens is 300 g/mol. The Balaban J connectivity index is 2.25. The summed E-state index contributed by atoms with van der Waals surface area (Å²) in [6, 6.07) is 9.11. The zero-order valence-corrected chi connectivity index (χ0v) is 13.1. The molecule has 0 bridgehead atoms. The van der Waals surface area contributed by atoms with Gasteiger partial charge in [-0.25, -0.2) is 9.78 Å². The number of aromatic carboxylic acids is 1. The molecule has 2 heterocycles. The molecular formula is C17H17ClN2O2. The van der Waals surface area contributed by atoms with Crippen LogP contribution in [0, 0.1) is 6.92 Å². The molecule has 1 aliphatic heterocycles. The summed E-state index contributed by atoms with van der Waals surface area (Å²) in [6.07, 6.45) is 2.13. The Kier molecular flexibility index (Phi) is 4.03. The van der Waals surface area contributed by atoms with Crippen molar-refractivity contribution in [2.75, 3.05) is 18.0 Å². The first-order valence-corrected chi connectivity index (χ1v) is 7.70. The molecule has 3 rings (SSSR count). The average molecular weight is 317 g/mol. The van der Waals surface area contributed by atoms with Crippen molar-refractivity contribution < 1.29 is 9.90 Å². The van der Waals surface area contributed by atoms with Gasteiger partial charge in [-0.1, -0.05) is 29.8 Å². The molecule has 0 aliphatic carbocycles. The number of nitrogens with zero attached hydrogens (tertiary/aromatic N) is 2. The van der Waals surface area contributed by atoms with Crippen LogP contribution in [0.3, 0.4) is 0 Å². The lowest BCUT2D eigenvalue weighted by Crippen LogP contribution is -2.23. The van der Waals surface area contributed by atoms with Crippen LogP contribution in [0.25, 0.3) is 11.1 Å². The van der Waals surface area contributed by atoms with Crippen LogP contribution < -0.4 is 4.90 Å². The summed E-state index contributed by atoms with van der Waals surface area (Å²) in [5, 5.41) is 10.3. The number of hydrogen-bond donors (Lipinski definition) is 1. The molecule has 0 spiro atoms. The fraction of sp³-hybridized carbons (Fsp3) is 0.294. The SMILES string of the molecule is Cc1cc(-c2ccccc2Cl)c(C(=O)O)c(N2CCCC2)n1. The summed E-state index contributed by atoms with van der Waals surface area (Å²) in [6.45, 7) is 3.57. The van der Waals surface area contributed by atoms with E-state index >= 15 is 0 Å². The summed E-state index contributed by atoms with van der Waals surface area (Å²) in [7, 11) is 0. The molecule has 0 radical (unpaired) electrons. The average Bonchev–Trinajstić information content (AvgIpc) is 3.00. The lowest BCUT2D eigenvalue weighted by Gasteiger charge is -2.21. The number of rotatable bonds is 3. The van der Waals surface area contributed by atoms with Crippen LogP contribution in [-0.2, 0) is 0 Å². The number of anilines is 1. The van der Waals surface area contributed by atoms with Crippen molar-refractivity contribution in [3.05, 3.63) is 46.6 Å². The summed E-state index contributed by atoms with van der Waals surface area (Å²) < 4.78 is 0. The highest BCUT2D eigenvalue weighted by molar-refractivity contribution is 6.33. The molecule has 4 nitrogen and oxygen atoms in total. The Morgan fingerprint density at radius 2 is 1.91 bits per heavy atom. The Morgan fingerprint density at radius 3 is 2.55 bits per heavy atom. The molecule has 0 amide bonds. The fourth-order valence-corrected chi connectivity index (χ4v) is 3.15. The van der Waals surface area contributed by atoms with Crippen molar-refractivity contribution in [2.45, 2.75) is 19.8 Å². The van der Waals surface area contributed by atoms with Gasteiger partial charge in [0, 0.05) is 34.9 Å². The highest BCUT2D eigenvalue weighted by atomic mass is 35.5. The van der Waals surface area contributed by atoms with E-state index in [4.69, 9.17) is 11.6 Å². The number of aryl methyl sites for hydroxylation is 1. The van der Waals surface area contributed by atoms with E-state index in [-0.39, 0.29) is 5.56 Å². The van der Waals surface area contributed by atoms with Crippen LogP contribution >= 0.6 is 11.6 Å². The lowest BCUT2D eigenvalue weighted by atomic mass is 9.99. The van der Waals surface area contributed by atoms with Gasteiger partial charge in [-0.05, 0) is 31.9 Å². The number of aromatic nitrogens is 1. The van der Waals surface area contributed by atoms with E-state index < -0.39 is 5.97 Å². The molecule has 114 valence electrons. The quantitative estimate of drug-likeness (QED) is 0.929. The van der Waals surface area contributed by atoms with Gasteiger partial charge in [0.1, 0.15) is 11.4 Å². The van der Waals surface area contributed by atoms with Crippen molar-refractivity contribution in [1.82, 2.24) is 4.98 Å². The second-order valence-corrected chi connectivity index (χ2v) is 5.90. The Bertz CT molecular complexity index is 725. The molecule has 0 atom stereocenters. The van der Waals surface area contributed by atoms with Crippen molar-refractivity contribution in [1.29, 1.82) is 0 Å². The standard InChI is InChI=1S/C17H17ClN2O2/c1-11-10-13(12-6-2-3-7-14(12)18)15(17(21)22)16(19-11)20-8-4-5-9-20/h2-3,6-7,10H,4-5,8-9H2,1H3,(H,21,22). The van der Waals surface area contributed by atoms with E-state index in [0.29, 0.717) is 16.4 Å². The van der Waals surface area contributed by atoms with Gasteiger partial charge in [-0.2, -0.15) is 0 Å². The minimum Gasteiger partial charge on any atom is -0.478 e. The minimum absolute atomic E-state index is 0.237. The molecule has 1 N–H and O–H groups in total. The van der Waals surface area contributed by atoms with Gasteiger partial charge < -0.3 is 10.0 Å². The Labute approximate surface area is 134 Å². The zero-order chi connectivity index (χ0) is 15.7. The maximum absolute atomic E-state index is 11.9. The monoisotopic (exact) mass is 316 g/mol. The van der Waals surface area contributed by atoms with E-state index in [9.17, 15) is 9.90 Å². The highest BCUT2D eigenvalue weighted by Gasteiger charge is 2.25. The van der Waals surface area contributed by atoms with Crippen LogP contribution in [0.4, 0.5) is 5.82 Å². The van der Waals surface area contributed by atoms with Crippen molar-refractivity contribution in [3.8, 4) is 11.1 Å². The molecule has 0 unspecified atom stereocenters. The summed E-state index contributed by atoms with van der Waals surface area (Å²) in [4.78, 5) is 18.4. The number of carbonyl (C=O) groups is 1. The van der Waals surface area contributed by atoms with Gasteiger partial charge in [0.2, 0.25) is 0 Å². The van der Waals surface area contributed by atoms with E-state index in [2.05, 4.69) is 9.88 Å². The number of pyridine rings is 1. The van der Waals surface area contributed by atoms with E-state index in [1.165, 1.54) is 0 Å². The number of halogens is 1. The molecule has 2 aromatic rings. The number of hydrogen-bond acceptors (Lipinski definition) is 3. The first kappa shape index (κ1) is 14.9. The third-order valence-corrected chi connectivity index (χ3v) is 4.24. The largest absolute Gasteiger partial charge is 0.478 e. The molecule has 1 fully saturated rings. The summed E-state index contributed by atoms with van der Waals surface area (Å²) >= 11 is 6.27. The third-order valence-electron chi connectivity index (χ3n) is 3.91. The predicted molar refractivity (Wildman–Crippen MR) is 87.8 cm³/mol. The Morgan fingerprint density at radius 1 is 1.23 bits per heavy atom. The van der Waals surface area contributed by atoms with Crippen LogP contribution in [0.2, 0.25) is 5.02 Å². The maximum atomic E-state index is 11.9. The smallest absolute Gasteiger partial charge is 0.340 e. The molecule has 0 saturated carbocycles. The van der Waals surface area contributed by atoms with Gasteiger partial charge in [0.15, 0.2) is 0 Å². The van der Waals surface area contributed by atoms with Crippen LogP contribution in [-0.4, -0.2) is 29.1 Å². The van der Waals surface area contributed by atoms with Crippen molar-refractivity contribution in [3.63, 3.8) is 0 Å². The molecule has 1 aromatic carbocycles. The first-order chi connectivity index (χ1) is 10.6. The van der Waals surface area contributed by atoms with E-state index in [0.717, 1.165) is 37.2 Å². The van der Waals surface area contributed by atoms with Gasteiger partial charge in [0.05, 0.1) is 0 Å². The van der Waals surface area contributed by atoms with Crippen molar-refractivity contribution in [2.24, 2.45) is 0 Å². The number of carboxylic acids is 1. The molecule has 1 saturated heterocycles. The van der Waals surface area contributed by atoms with Crippen LogP contribution in [0.1, 0.15) is 28.9 Å². The number of carboxylic acid groups (broad SMARTS) is 1. The third kappa shape index (κ3) is 2.66. The maximum Gasteiger partial charge on any atom is 0.340 e. The first-order valence-electron chi connectivity index (χ1n) is 7.32. The van der Waals surface area contributed by atoms with Crippen LogP contribution in [0.5, 0.6) is 0 Å². The normalized spacial score (nSPS) is 14.4. The molecule has 22 heavy (non-hydrogen) atoms. The molecule has 5 heteroatoms. The summed E-state index contributed by atoms with van der Waals surface area (Å²) in [5.41, 5.74) is 2.39. The lowest BCUT2D eigenvalue weighted by molar-refractivity contribution is 0.0698. The van der Waals surface area contributed by atoms with E-state index in [1.807, 2.05) is 25.1 Å². The fourth-order valence-electron chi connectivity index (χ4n) is 2.92. The molecule has 1 aromatic heterocycles. The second kappa shape index (κ2) is 5.97. The zero-order valence-electron chi connectivity index (χ0n) is 12.3. The van der Waals surface area contributed by atoms with Crippen molar-refractivity contribution >= 4 is 23.4 Å². The second-order valence-electron chi connectivity index (χ2n) is 5.49. The Hall–Kier alpha value is -2.07. The highest BCUT2D eigenvalue weighted by Crippen LogP contribution is 2.35. The summed E-state index contributed by atoms with van der Waals surface area (Å²) in [5.74, 6) is -0.413. The van der Waals surface area contributed by atoms with Gasteiger partial charge in [-0.3, -0.25) is 0 Å². The minimum atomic E-state index is -0.968. The molecule has 1 aliphatic rings. The number of benzene rings is 1. The van der Waals surface area contributed by atoms with Gasteiger partial charge >= 0.3 is 5.97 Å². The van der Waals surface area contributed by atoms with Gasteiger partial charge in [0.25, 0.3) is 0 Å². The van der Waals surface area contributed by atoms with E-state index in [1.54, 1.807) is 12.1 Å². The topological polar surface area (TPSA) is 53.4 Å². The van der Waals surface area contributed by atoms with Gasteiger partial charge in [-0.15, -0.1) is 0 Å². The predicted octanol–water partition coefficient (Wildman–Crippen LogP) is 4.01. The van der Waals surface area contributed by atoms with Crippen LogP contribution in [0.15, 0.2) is 30.3 Å².